The minimum absolute atomic E-state index is 0.114. The van der Waals surface area contributed by atoms with Gasteiger partial charge in [0.1, 0.15) is 0 Å². The minimum atomic E-state index is 0.114. The van der Waals surface area contributed by atoms with Crippen LogP contribution in [0.2, 0.25) is 0 Å². The number of aryl methyl sites for hydroxylation is 2. The molecule has 1 saturated heterocycles. The van der Waals surface area contributed by atoms with Gasteiger partial charge in [-0.25, -0.2) is 4.98 Å². The van der Waals surface area contributed by atoms with Crippen LogP contribution in [0.3, 0.4) is 0 Å². The van der Waals surface area contributed by atoms with Gasteiger partial charge in [0, 0.05) is 55.3 Å². The number of thiophene rings is 1. The second-order valence-electron chi connectivity index (χ2n) is 7.60. The maximum Gasteiger partial charge on any atom is 0.264 e. The van der Waals surface area contributed by atoms with Crippen LogP contribution in [0.4, 0.5) is 0 Å². The van der Waals surface area contributed by atoms with Gasteiger partial charge in [0.25, 0.3) is 5.91 Å². The van der Waals surface area contributed by atoms with E-state index in [1.54, 1.807) is 23.1 Å². The van der Waals surface area contributed by atoms with Crippen molar-refractivity contribution in [2.75, 3.05) is 20.2 Å². The maximum atomic E-state index is 13.1. The number of methoxy groups -OCH3 is 1. The van der Waals surface area contributed by atoms with E-state index in [2.05, 4.69) is 34.3 Å². The molecule has 7 heteroatoms. The third kappa shape index (κ3) is 3.10. The first-order valence-corrected chi connectivity index (χ1v) is 10.5. The molecule has 5 rings (SSSR count). The first-order valence-electron chi connectivity index (χ1n) is 9.68. The number of fused-ring (bicyclic) bond motifs is 2. The summed E-state index contributed by atoms with van der Waals surface area (Å²) >= 11 is 1.58. The Hall–Kier alpha value is -2.77. The molecule has 3 aromatic heterocycles. The van der Waals surface area contributed by atoms with E-state index >= 15 is 0 Å². The van der Waals surface area contributed by atoms with Crippen LogP contribution in [0.25, 0.3) is 32.2 Å². The number of hydrogen-bond acceptors (Lipinski definition) is 5. The molecule has 148 valence electrons. The lowest BCUT2D eigenvalue weighted by Gasteiger charge is -2.15. The van der Waals surface area contributed by atoms with Crippen molar-refractivity contribution in [2.24, 2.45) is 7.05 Å². The molecule has 4 heterocycles. The highest BCUT2D eigenvalue weighted by atomic mass is 32.1. The Labute approximate surface area is 172 Å². The van der Waals surface area contributed by atoms with Crippen molar-refractivity contribution in [3.63, 3.8) is 0 Å². The van der Waals surface area contributed by atoms with Crippen molar-refractivity contribution in [2.45, 2.75) is 19.4 Å². The normalized spacial score (nSPS) is 16.9. The third-order valence-electron chi connectivity index (χ3n) is 5.70. The largest absolute Gasteiger partial charge is 0.380 e. The van der Waals surface area contributed by atoms with Gasteiger partial charge in [-0.15, -0.1) is 11.3 Å². The zero-order valence-electron chi connectivity index (χ0n) is 16.7. The fourth-order valence-corrected chi connectivity index (χ4v) is 5.26. The minimum Gasteiger partial charge on any atom is -0.380 e. The summed E-state index contributed by atoms with van der Waals surface area (Å²) in [5, 5.41) is 6.50. The van der Waals surface area contributed by atoms with E-state index in [1.165, 1.54) is 0 Å². The number of pyridine rings is 1. The molecule has 4 aromatic rings. The van der Waals surface area contributed by atoms with Gasteiger partial charge in [-0.05, 0) is 42.0 Å². The van der Waals surface area contributed by atoms with Crippen LogP contribution >= 0.6 is 11.3 Å². The molecule has 29 heavy (non-hydrogen) atoms. The molecule has 1 fully saturated rings. The molecule has 0 bridgehead atoms. The number of rotatable bonds is 3. The lowest BCUT2D eigenvalue weighted by Crippen LogP contribution is -2.29. The van der Waals surface area contributed by atoms with E-state index in [4.69, 9.17) is 4.74 Å². The number of carbonyl (C=O) groups is 1. The van der Waals surface area contributed by atoms with Crippen LogP contribution in [-0.4, -0.2) is 51.9 Å². The van der Waals surface area contributed by atoms with Gasteiger partial charge in [-0.2, -0.15) is 5.10 Å². The van der Waals surface area contributed by atoms with Gasteiger partial charge >= 0.3 is 0 Å². The summed E-state index contributed by atoms with van der Waals surface area (Å²) in [7, 11) is 3.61. The number of hydrogen-bond donors (Lipinski definition) is 0. The standard InChI is InChI=1S/C22H22N4O2S/c1-13-18-5-4-14(15-8-16-11-25(2)24-21(16)23-10-15)9-19(18)29-20(13)22(27)26-7-6-17(12-26)28-3/h4-5,8-11,17H,6-7,12H2,1-3H3/t17-/m0/s1. The Morgan fingerprint density at radius 2 is 2.14 bits per heavy atom. The van der Waals surface area contributed by atoms with E-state index in [0.29, 0.717) is 6.54 Å². The van der Waals surface area contributed by atoms with Crippen molar-refractivity contribution in [1.29, 1.82) is 0 Å². The van der Waals surface area contributed by atoms with Crippen LogP contribution in [-0.2, 0) is 11.8 Å². The summed E-state index contributed by atoms with van der Waals surface area (Å²) in [6.07, 6.45) is 4.88. The first kappa shape index (κ1) is 18.3. The predicted molar refractivity (Wildman–Crippen MR) is 115 cm³/mol. The van der Waals surface area contributed by atoms with Gasteiger partial charge in [-0.3, -0.25) is 9.48 Å². The summed E-state index contributed by atoms with van der Waals surface area (Å²) < 4.78 is 8.31. The molecule has 0 spiro atoms. The Kier molecular flexibility index (Phi) is 4.37. The molecule has 1 aromatic carbocycles. The lowest BCUT2D eigenvalue weighted by atomic mass is 10.0. The molecule has 1 amide bonds. The number of ether oxygens (including phenoxy) is 1. The van der Waals surface area contributed by atoms with E-state index in [0.717, 1.165) is 55.7 Å². The molecular formula is C22H22N4O2S. The van der Waals surface area contributed by atoms with Crippen LogP contribution in [0.5, 0.6) is 0 Å². The van der Waals surface area contributed by atoms with E-state index in [1.807, 2.05) is 31.3 Å². The Balaban J connectivity index is 1.51. The Bertz CT molecular complexity index is 1240. The van der Waals surface area contributed by atoms with Gasteiger partial charge < -0.3 is 9.64 Å². The fraction of sp³-hybridized carbons (Fsp3) is 0.318. The summed E-state index contributed by atoms with van der Waals surface area (Å²) in [5.74, 6) is 0.114. The van der Waals surface area contributed by atoms with Crippen LogP contribution in [0, 0.1) is 6.92 Å². The molecule has 1 aliphatic heterocycles. The summed E-state index contributed by atoms with van der Waals surface area (Å²) in [6, 6.07) is 8.48. The zero-order chi connectivity index (χ0) is 20.1. The number of likely N-dealkylation sites (tertiary alicyclic amines) is 1. The number of amides is 1. The topological polar surface area (TPSA) is 60.2 Å². The molecule has 0 N–H and O–H groups in total. The molecule has 1 aliphatic rings. The summed E-state index contributed by atoms with van der Waals surface area (Å²) in [4.78, 5) is 20.3. The molecule has 0 radical (unpaired) electrons. The average Bonchev–Trinajstić information content (AvgIpc) is 3.43. The Morgan fingerprint density at radius 3 is 2.93 bits per heavy atom. The molecule has 0 aliphatic carbocycles. The van der Waals surface area contributed by atoms with Gasteiger partial charge in [-0.1, -0.05) is 12.1 Å². The molecule has 0 unspecified atom stereocenters. The third-order valence-corrected chi connectivity index (χ3v) is 6.95. The Morgan fingerprint density at radius 1 is 1.28 bits per heavy atom. The number of benzene rings is 1. The number of nitrogens with zero attached hydrogens (tertiary/aromatic N) is 4. The second kappa shape index (κ2) is 6.93. The number of aromatic nitrogens is 3. The van der Waals surface area contributed by atoms with E-state index in [-0.39, 0.29) is 12.0 Å². The smallest absolute Gasteiger partial charge is 0.264 e. The quantitative estimate of drug-likeness (QED) is 0.516. The van der Waals surface area contributed by atoms with Crippen molar-refractivity contribution >= 4 is 38.4 Å². The van der Waals surface area contributed by atoms with Crippen LogP contribution in [0.1, 0.15) is 21.7 Å². The SMILES string of the molecule is CO[C@H]1CCN(C(=O)c2sc3cc(-c4cnc5nn(C)cc5c4)ccc3c2C)C1. The summed E-state index contributed by atoms with van der Waals surface area (Å²) in [6.45, 7) is 3.47. The molecule has 6 nitrogen and oxygen atoms in total. The highest BCUT2D eigenvalue weighted by Gasteiger charge is 2.29. The predicted octanol–water partition coefficient (Wildman–Crippen LogP) is 4.02. The highest BCUT2D eigenvalue weighted by Crippen LogP contribution is 2.35. The number of carbonyl (C=O) groups excluding carboxylic acids is 1. The van der Waals surface area contributed by atoms with Crippen molar-refractivity contribution < 1.29 is 9.53 Å². The van der Waals surface area contributed by atoms with Gasteiger partial charge in [0.05, 0.1) is 11.0 Å². The molecular weight excluding hydrogens is 384 g/mol. The lowest BCUT2D eigenvalue weighted by molar-refractivity contribution is 0.0728. The first-order chi connectivity index (χ1) is 14.0. The van der Waals surface area contributed by atoms with Crippen LogP contribution < -0.4 is 0 Å². The monoisotopic (exact) mass is 406 g/mol. The van der Waals surface area contributed by atoms with Gasteiger partial charge in [0.2, 0.25) is 0 Å². The zero-order valence-corrected chi connectivity index (χ0v) is 17.5. The van der Waals surface area contributed by atoms with Crippen molar-refractivity contribution in [1.82, 2.24) is 19.7 Å². The van der Waals surface area contributed by atoms with Gasteiger partial charge in [0.15, 0.2) is 5.65 Å². The summed E-state index contributed by atoms with van der Waals surface area (Å²) in [5.41, 5.74) is 3.95. The van der Waals surface area contributed by atoms with Crippen molar-refractivity contribution in [3.05, 3.63) is 47.1 Å². The molecule has 1 atom stereocenters. The van der Waals surface area contributed by atoms with Crippen molar-refractivity contribution in [3.8, 4) is 11.1 Å². The van der Waals surface area contributed by atoms with E-state index in [9.17, 15) is 4.79 Å². The average molecular weight is 407 g/mol. The maximum absolute atomic E-state index is 13.1. The second-order valence-corrected chi connectivity index (χ2v) is 8.66. The van der Waals surface area contributed by atoms with E-state index < -0.39 is 0 Å². The highest BCUT2D eigenvalue weighted by molar-refractivity contribution is 7.21. The van der Waals surface area contributed by atoms with Crippen LogP contribution in [0.15, 0.2) is 36.7 Å². The molecule has 0 saturated carbocycles. The fourth-order valence-electron chi connectivity index (χ4n) is 4.05.